The van der Waals surface area contributed by atoms with Crippen LogP contribution in [-0.4, -0.2) is 43.0 Å². The summed E-state index contributed by atoms with van der Waals surface area (Å²) in [6, 6.07) is 6.14. The third-order valence-electron chi connectivity index (χ3n) is 4.66. The molecule has 0 spiro atoms. The predicted molar refractivity (Wildman–Crippen MR) is 97.4 cm³/mol. The summed E-state index contributed by atoms with van der Waals surface area (Å²) in [6.07, 6.45) is 1.98. The van der Waals surface area contributed by atoms with Crippen LogP contribution in [-0.2, 0) is 0 Å². The van der Waals surface area contributed by atoms with Gasteiger partial charge in [0.25, 0.3) is 5.91 Å². The van der Waals surface area contributed by atoms with Gasteiger partial charge in [0.15, 0.2) is 0 Å². The summed E-state index contributed by atoms with van der Waals surface area (Å²) in [5.74, 6) is 0.438. The Kier molecular flexibility index (Phi) is 6.31. The predicted octanol–water partition coefficient (Wildman–Crippen LogP) is 3.62. The first-order valence-electron chi connectivity index (χ1n) is 8.42. The van der Waals surface area contributed by atoms with Crippen molar-refractivity contribution in [3.63, 3.8) is 0 Å². The fourth-order valence-electron chi connectivity index (χ4n) is 2.63. The molecule has 1 aliphatic heterocycles. The molecule has 1 atom stereocenters. The molecule has 1 fully saturated rings. The summed E-state index contributed by atoms with van der Waals surface area (Å²) in [4.78, 5) is 14.8. The van der Waals surface area contributed by atoms with E-state index in [-0.39, 0.29) is 11.9 Å². The fraction of sp³-hybridized carbons (Fsp3) is 0.611. The van der Waals surface area contributed by atoms with Gasteiger partial charge < -0.3 is 15.5 Å². The van der Waals surface area contributed by atoms with E-state index in [4.69, 9.17) is 11.6 Å². The van der Waals surface area contributed by atoms with Gasteiger partial charge in [0.1, 0.15) is 0 Å². The lowest BCUT2D eigenvalue weighted by atomic mass is 10.0. The Labute approximate surface area is 144 Å². The summed E-state index contributed by atoms with van der Waals surface area (Å²) in [5, 5.41) is 7.05. The molecule has 1 amide bonds. The van der Waals surface area contributed by atoms with E-state index in [1.54, 1.807) is 6.07 Å². The molecule has 1 aromatic carbocycles. The van der Waals surface area contributed by atoms with Crippen molar-refractivity contribution in [1.29, 1.82) is 0 Å². The molecule has 4 nitrogen and oxygen atoms in total. The number of likely N-dealkylation sites (tertiary alicyclic amines) is 1. The molecule has 23 heavy (non-hydrogen) atoms. The second-order valence-corrected chi connectivity index (χ2v) is 7.33. The summed E-state index contributed by atoms with van der Waals surface area (Å²) < 4.78 is 0. The lowest BCUT2D eigenvalue weighted by Crippen LogP contribution is -2.43. The maximum absolute atomic E-state index is 12.6. The van der Waals surface area contributed by atoms with Crippen molar-refractivity contribution in [1.82, 2.24) is 10.2 Å². The smallest absolute Gasteiger partial charge is 0.253 e. The van der Waals surface area contributed by atoms with Crippen LogP contribution in [0.1, 0.15) is 44.0 Å². The number of carbonyl (C=O) groups excluding carboxylic acids is 1. The van der Waals surface area contributed by atoms with Crippen molar-refractivity contribution >= 4 is 23.2 Å². The van der Waals surface area contributed by atoms with E-state index in [9.17, 15) is 4.79 Å². The Hall–Kier alpha value is -1.26. The first-order valence-corrected chi connectivity index (χ1v) is 8.80. The van der Waals surface area contributed by atoms with Gasteiger partial charge in [-0.25, -0.2) is 0 Å². The number of nitrogens with zero attached hydrogens (tertiary/aromatic N) is 1. The highest BCUT2D eigenvalue weighted by Crippen LogP contribution is 2.22. The zero-order valence-corrected chi connectivity index (χ0v) is 15.3. The second kappa shape index (κ2) is 8.02. The highest BCUT2D eigenvalue weighted by molar-refractivity contribution is 6.34. The minimum absolute atomic E-state index is 0.0783. The number of amides is 1. The molecule has 2 rings (SSSR count). The summed E-state index contributed by atoms with van der Waals surface area (Å²) in [5.41, 5.74) is 1.48. The van der Waals surface area contributed by atoms with E-state index < -0.39 is 0 Å². The van der Waals surface area contributed by atoms with Gasteiger partial charge in [0.05, 0.1) is 10.6 Å². The minimum atomic E-state index is -0.0783. The molecule has 1 aromatic rings. The summed E-state index contributed by atoms with van der Waals surface area (Å²) in [7, 11) is 2.11. The minimum Gasteiger partial charge on any atom is -0.382 e. The highest BCUT2D eigenvalue weighted by atomic mass is 35.5. The monoisotopic (exact) mass is 337 g/mol. The SMILES string of the molecule is CC(C)[C@@H](C)Nc1ccc(Cl)c(C(=O)NC2CCN(C)CC2)c1. The highest BCUT2D eigenvalue weighted by Gasteiger charge is 2.20. The van der Waals surface area contributed by atoms with Gasteiger partial charge in [0, 0.05) is 17.8 Å². The molecular formula is C18H28ClN3O. The second-order valence-electron chi connectivity index (χ2n) is 6.92. The van der Waals surface area contributed by atoms with Crippen LogP contribution in [0.2, 0.25) is 5.02 Å². The fourth-order valence-corrected chi connectivity index (χ4v) is 2.84. The number of benzene rings is 1. The number of carbonyl (C=O) groups is 1. The Bertz CT molecular complexity index is 539. The normalized spacial score (nSPS) is 18.0. The molecule has 0 radical (unpaired) electrons. The van der Waals surface area contributed by atoms with Crippen LogP contribution in [0.15, 0.2) is 18.2 Å². The van der Waals surface area contributed by atoms with Gasteiger partial charge in [-0.2, -0.15) is 0 Å². The van der Waals surface area contributed by atoms with Crippen molar-refractivity contribution in [3.05, 3.63) is 28.8 Å². The van der Waals surface area contributed by atoms with Crippen molar-refractivity contribution < 1.29 is 4.79 Å². The standard InChI is InChI=1S/C18H28ClN3O/c1-12(2)13(3)20-15-5-6-17(19)16(11-15)18(23)21-14-7-9-22(4)10-8-14/h5-6,11-14,20H,7-10H2,1-4H3,(H,21,23)/t13-/m1/s1. The molecule has 1 saturated heterocycles. The largest absolute Gasteiger partial charge is 0.382 e. The molecule has 5 heteroatoms. The first-order chi connectivity index (χ1) is 10.9. The van der Waals surface area contributed by atoms with Gasteiger partial charge in [-0.15, -0.1) is 0 Å². The van der Waals surface area contributed by atoms with Gasteiger partial charge in [-0.3, -0.25) is 4.79 Å². The summed E-state index contributed by atoms with van der Waals surface area (Å²) >= 11 is 6.23. The average Bonchev–Trinajstić information content (AvgIpc) is 2.51. The van der Waals surface area contributed by atoms with E-state index in [0.29, 0.717) is 22.5 Å². The van der Waals surface area contributed by atoms with Gasteiger partial charge in [0.2, 0.25) is 0 Å². The van der Waals surface area contributed by atoms with Crippen LogP contribution in [0.25, 0.3) is 0 Å². The third-order valence-corrected chi connectivity index (χ3v) is 4.99. The number of piperidine rings is 1. The number of halogens is 1. The molecule has 0 bridgehead atoms. The van der Waals surface area contributed by atoms with Crippen LogP contribution in [0, 0.1) is 5.92 Å². The van der Waals surface area contributed by atoms with Crippen LogP contribution in [0.3, 0.4) is 0 Å². The average molecular weight is 338 g/mol. The van der Waals surface area contributed by atoms with E-state index in [2.05, 4.69) is 43.4 Å². The topological polar surface area (TPSA) is 44.4 Å². The Morgan fingerprint density at radius 1 is 1.26 bits per heavy atom. The Morgan fingerprint density at radius 2 is 1.91 bits per heavy atom. The number of hydrogen-bond acceptors (Lipinski definition) is 3. The molecule has 1 aliphatic rings. The van der Waals surface area contributed by atoms with E-state index in [1.807, 2.05) is 12.1 Å². The van der Waals surface area contributed by atoms with E-state index in [1.165, 1.54) is 0 Å². The lowest BCUT2D eigenvalue weighted by molar-refractivity contribution is 0.0917. The molecule has 0 saturated carbocycles. The maximum atomic E-state index is 12.6. The van der Waals surface area contributed by atoms with E-state index in [0.717, 1.165) is 31.6 Å². The third kappa shape index (κ3) is 5.11. The molecule has 0 unspecified atom stereocenters. The van der Waals surface area contributed by atoms with Crippen molar-refractivity contribution in [2.24, 2.45) is 5.92 Å². The first kappa shape index (κ1) is 18.1. The molecular weight excluding hydrogens is 310 g/mol. The molecule has 0 aromatic heterocycles. The van der Waals surface area contributed by atoms with Crippen LogP contribution in [0.4, 0.5) is 5.69 Å². The zero-order chi connectivity index (χ0) is 17.0. The van der Waals surface area contributed by atoms with Crippen molar-refractivity contribution in [3.8, 4) is 0 Å². The van der Waals surface area contributed by atoms with Gasteiger partial charge >= 0.3 is 0 Å². The van der Waals surface area contributed by atoms with Crippen LogP contribution in [0.5, 0.6) is 0 Å². The Balaban J connectivity index is 2.04. The van der Waals surface area contributed by atoms with Gasteiger partial charge in [-0.1, -0.05) is 25.4 Å². The Morgan fingerprint density at radius 3 is 2.52 bits per heavy atom. The number of nitrogens with one attached hydrogen (secondary N) is 2. The molecule has 2 N–H and O–H groups in total. The molecule has 0 aliphatic carbocycles. The zero-order valence-electron chi connectivity index (χ0n) is 14.5. The van der Waals surface area contributed by atoms with E-state index >= 15 is 0 Å². The number of hydrogen-bond donors (Lipinski definition) is 2. The lowest BCUT2D eigenvalue weighted by Gasteiger charge is -2.29. The number of rotatable bonds is 5. The maximum Gasteiger partial charge on any atom is 0.253 e. The summed E-state index contributed by atoms with van der Waals surface area (Å²) in [6.45, 7) is 8.51. The van der Waals surface area contributed by atoms with Crippen LogP contribution >= 0.6 is 11.6 Å². The molecule has 1 heterocycles. The molecule has 128 valence electrons. The number of anilines is 1. The van der Waals surface area contributed by atoms with Gasteiger partial charge in [-0.05, 0) is 64.0 Å². The van der Waals surface area contributed by atoms with Crippen molar-refractivity contribution in [2.75, 3.05) is 25.5 Å². The van der Waals surface area contributed by atoms with Crippen LogP contribution < -0.4 is 10.6 Å². The quantitative estimate of drug-likeness (QED) is 0.862. The van der Waals surface area contributed by atoms with Crippen molar-refractivity contribution in [2.45, 2.75) is 45.7 Å².